The van der Waals surface area contributed by atoms with E-state index < -0.39 is 51.6 Å². The van der Waals surface area contributed by atoms with E-state index in [0.29, 0.717) is 12.8 Å². The number of Topliss-reactive ketones (excluding diaryl/α,β-unsaturated/α-hetero) is 1. The summed E-state index contributed by atoms with van der Waals surface area (Å²) in [4.78, 5) is 12.2. The summed E-state index contributed by atoms with van der Waals surface area (Å²) in [7, 11) is -7.82. The van der Waals surface area contributed by atoms with Gasteiger partial charge in [-0.05, 0) is 92.3 Å². The largest absolute Gasteiger partial charge is 0.412 e. The minimum Gasteiger partial charge on any atom is -0.412 e. The van der Waals surface area contributed by atoms with Gasteiger partial charge < -0.3 is 37.8 Å². The topological polar surface area (TPSA) is 124 Å². The number of rotatable bonds is 12. The summed E-state index contributed by atoms with van der Waals surface area (Å²) in [6, 6.07) is 0. The Bertz CT molecular complexity index is 1040. The maximum absolute atomic E-state index is 12.2. The van der Waals surface area contributed by atoms with Gasteiger partial charge in [-0.25, -0.2) is 0 Å². The predicted octanol–water partition coefficient (Wildman–Crippen LogP) is 9.82. The van der Waals surface area contributed by atoms with Crippen LogP contribution in [-0.2, 0) is 27.2 Å². The highest BCUT2D eigenvalue weighted by Crippen LogP contribution is 2.43. The van der Waals surface area contributed by atoms with Gasteiger partial charge in [0, 0.05) is 32.5 Å². The highest BCUT2D eigenvalue weighted by Gasteiger charge is 2.47. The van der Waals surface area contributed by atoms with Crippen molar-refractivity contribution in [1.29, 1.82) is 0 Å². The van der Waals surface area contributed by atoms with Crippen LogP contribution in [0, 0.1) is 0 Å². The third kappa shape index (κ3) is 17.7. The van der Waals surface area contributed by atoms with Crippen LogP contribution in [0.15, 0.2) is 0 Å². The highest BCUT2D eigenvalue weighted by molar-refractivity contribution is 6.75. The normalized spacial score (nSPS) is 23.7. The number of carbonyl (C=O) groups excluding carboxylic acids is 1. The lowest BCUT2D eigenvalue weighted by molar-refractivity contribution is -0.124. The lowest BCUT2D eigenvalue weighted by Crippen LogP contribution is -2.56. The second-order valence-corrected chi connectivity index (χ2v) is 40.8. The van der Waals surface area contributed by atoms with Crippen LogP contribution in [0.25, 0.3) is 0 Å². The molecule has 1 heterocycles. The van der Waals surface area contributed by atoms with Crippen LogP contribution in [0.4, 0.5) is 0 Å². The molecule has 0 amide bonds. The van der Waals surface area contributed by atoms with Crippen molar-refractivity contribution < 1.29 is 42.6 Å². The van der Waals surface area contributed by atoms with Crippen molar-refractivity contribution in [3.63, 3.8) is 0 Å². The molecule has 0 aromatic rings. The number of aliphatic hydroxyl groups excluding tert-OH is 3. The van der Waals surface area contributed by atoms with Crippen LogP contribution in [0.5, 0.6) is 0 Å². The third-order valence-electron chi connectivity index (χ3n) is 12.8. The van der Waals surface area contributed by atoms with Crippen molar-refractivity contribution in [2.75, 3.05) is 19.8 Å². The fraction of sp³-hybridized carbons (Fsp3) is 0.975. The van der Waals surface area contributed by atoms with Crippen LogP contribution in [-0.4, -0.2) is 111 Å². The van der Waals surface area contributed by atoms with E-state index in [1.54, 1.807) is 0 Å². The van der Waals surface area contributed by atoms with E-state index in [0.717, 1.165) is 13.2 Å². The molecule has 2 fully saturated rings. The molecule has 0 spiro atoms. The van der Waals surface area contributed by atoms with E-state index in [1.807, 2.05) is 6.92 Å². The standard InChI is InChI=1S/2C18H40O4Si2.C4H8O/c1-17(2,3)23(7,8)21-15-12-16(14(20)11-13(15)19)22-24(9,10)18(4,5)6;1-14(22-24(10,11)18(5,6)7)16(20)12-15(19)13-21-23(8,9)17(2,3)4;1-2-4-5-3-1/h13-16,19-20H,11-12H2,1-10H3;14,16,20H,12-13H2,1-11H3;1-4H2/t13-,14-,15-,16-;14-,16-;/m00./s1. The first-order valence-corrected chi connectivity index (χ1v) is 31.8. The quantitative estimate of drug-likeness (QED) is 0.165. The van der Waals surface area contributed by atoms with Gasteiger partial charge in [-0.2, -0.15) is 0 Å². The molecule has 0 bridgehead atoms. The summed E-state index contributed by atoms with van der Waals surface area (Å²) in [5.41, 5.74) is 0. The van der Waals surface area contributed by atoms with Crippen LogP contribution in [0.1, 0.15) is 122 Å². The maximum Gasteiger partial charge on any atom is 0.192 e. The molecule has 6 atom stereocenters. The summed E-state index contributed by atoms with van der Waals surface area (Å²) in [5, 5.41) is 31.6. The monoisotopic (exact) mass is 825 g/mol. The lowest BCUT2D eigenvalue weighted by Gasteiger charge is -2.47. The average Bonchev–Trinajstić information content (AvgIpc) is 3.52. The van der Waals surface area contributed by atoms with Crippen LogP contribution in [0.2, 0.25) is 72.5 Å². The van der Waals surface area contributed by atoms with Crippen molar-refractivity contribution >= 4 is 39.1 Å². The van der Waals surface area contributed by atoms with Crippen LogP contribution < -0.4 is 0 Å². The number of carbonyl (C=O) groups is 1. The fourth-order valence-corrected chi connectivity index (χ4v) is 9.75. The zero-order valence-electron chi connectivity index (χ0n) is 38.4. The molecule has 1 saturated carbocycles. The number of ketones is 1. The van der Waals surface area contributed by atoms with E-state index in [9.17, 15) is 20.1 Å². The van der Waals surface area contributed by atoms with E-state index in [-0.39, 0.29) is 57.3 Å². The second kappa shape index (κ2) is 20.3. The molecule has 0 radical (unpaired) electrons. The maximum atomic E-state index is 12.2. The molecule has 1 aliphatic heterocycles. The molecule has 0 aromatic carbocycles. The first kappa shape index (κ1) is 53.2. The smallest absolute Gasteiger partial charge is 0.192 e. The summed E-state index contributed by atoms with van der Waals surface area (Å²) < 4.78 is 29.9. The average molecular weight is 825 g/mol. The third-order valence-corrected chi connectivity index (χ3v) is 30.9. The van der Waals surface area contributed by atoms with Gasteiger partial charge in [0.05, 0.1) is 43.2 Å². The molecule has 1 aliphatic carbocycles. The van der Waals surface area contributed by atoms with Crippen molar-refractivity contribution in [2.45, 2.75) is 231 Å². The minimum absolute atomic E-state index is 0.0574. The van der Waals surface area contributed by atoms with Crippen molar-refractivity contribution in [2.24, 2.45) is 0 Å². The molecule has 13 heteroatoms. The number of aliphatic hydroxyl groups is 3. The summed E-state index contributed by atoms with van der Waals surface area (Å²) in [6.07, 6.45) is 0.692. The molecular formula is C40H88O9Si4. The van der Waals surface area contributed by atoms with E-state index in [4.69, 9.17) is 22.4 Å². The van der Waals surface area contributed by atoms with Crippen LogP contribution in [0.3, 0.4) is 0 Å². The first-order chi connectivity index (χ1) is 23.4. The molecular weight excluding hydrogens is 737 g/mol. The van der Waals surface area contributed by atoms with Crippen molar-refractivity contribution in [3.8, 4) is 0 Å². The minimum atomic E-state index is -1.97. The molecule has 0 aromatic heterocycles. The Morgan fingerprint density at radius 3 is 1.30 bits per heavy atom. The highest BCUT2D eigenvalue weighted by atomic mass is 28.4. The van der Waals surface area contributed by atoms with Gasteiger partial charge in [-0.15, -0.1) is 0 Å². The molecule has 2 aliphatic rings. The van der Waals surface area contributed by atoms with Crippen molar-refractivity contribution in [3.05, 3.63) is 0 Å². The van der Waals surface area contributed by atoms with Gasteiger partial charge in [0.2, 0.25) is 0 Å². The summed E-state index contributed by atoms with van der Waals surface area (Å²) in [6.45, 7) is 47.4. The Morgan fingerprint density at radius 2 is 1.00 bits per heavy atom. The molecule has 1 saturated heterocycles. The number of hydrogen-bond donors (Lipinski definition) is 3. The zero-order chi connectivity index (χ0) is 42.2. The Morgan fingerprint density at radius 1 is 0.642 bits per heavy atom. The SMILES string of the molecule is C1CCOC1.CC(C)(C)[Si](C)(C)O[C@H]1C[C@H](O[Si](C)(C)C(C)(C)C)[C@@H](O)C[C@@H]1O.C[C@H](O[Si](C)(C)C(C)(C)C)[C@@H](O)CC(=O)CO[Si](C)(C)C(C)(C)C. The Kier molecular flexibility index (Phi) is 20.3. The number of hydrogen-bond acceptors (Lipinski definition) is 9. The van der Waals surface area contributed by atoms with Gasteiger partial charge in [0.25, 0.3) is 0 Å². The van der Waals surface area contributed by atoms with Gasteiger partial charge in [-0.3, -0.25) is 4.79 Å². The first-order valence-electron chi connectivity index (χ1n) is 20.2. The summed E-state index contributed by atoms with van der Waals surface area (Å²) in [5.74, 6) is -0.0574. The second-order valence-electron chi connectivity index (χ2n) is 21.7. The van der Waals surface area contributed by atoms with Crippen molar-refractivity contribution in [1.82, 2.24) is 0 Å². The van der Waals surface area contributed by atoms with Gasteiger partial charge in [0.15, 0.2) is 39.1 Å². The van der Waals surface area contributed by atoms with E-state index >= 15 is 0 Å². The Labute approximate surface area is 331 Å². The molecule has 0 unspecified atom stereocenters. The molecule has 9 nitrogen and oxygen atoms in total. The number of ether oxygens (including phenoxy) is 1. The molecule has 53 heavy (non-hydrogen) atoms. The molecule has 318 valence electrons. The van der Waals surface area contributed by atoms with E-state index in [2.05, 4.69) is 135 Å². The van der Waals surface area contributed by atoms with Gasteiger partial charge in [0.1, 0.15) is 0 Å². The fourth-order valence-electron chi connectivity index (χ4n) is 4.62. The van der Waals surface area contributed by atoms with E-state index in [1.165, 1.54) is 12.8 Å². The lowest BCUT2D eigenvalue weighted by atomic mass is 9.90. The predicted molar refractivity (Wildman–Crippen MR) is 232 cm³/mol. The zero-order valence-corrected chi connectivity index (χ0v) is 42.4. The molecule has 2 rings (SSSR count). The van der Waals surface area contributed by atoms with Crippen LogP contribution >= 0.6 is 0 Å². The summed E-state index contributed by atoms with van der Waals surface area (Å²) >= 11 is 0. The Hall–Kier alpha value is 0.218. The Balaban J connectivity index is 0.000000897. The van der Waals surface area contributed by atoms with Gasteiger partial charge >= 0.3 is 0 Å². The molecule has 3 N–H and O–H groups in total. The van der Waals surface area contributed by atoms with Gasteiger partial charge in [-0.1, -0.05) is 83.1 Å².